The Labute approximate surface area is 182 Å². The predicted octanol–water partition coefficient (Wildman–Crippen LogP) is 4.53. The molecule has 30 heavy (non-hydrogen) atoms. The van der Waals surface area contributed by atoms with Gasteiger partial charge in [-0.1, -0.05) is 36.4 Å². The van der Waals surface area contributed by atoms with Crippen LogP contribution in [0.1, 0.15) is 0 Å². The Morgan fingerprint density at radius 1 is 0.833 bits per heavy atom. The van der Waals surface area contributed by atoms with Gasteiger partial charge in [-0.15, -0.1) is 17.5 Å². The number of nitrogens with zero attached hydrogens (tertiary/aromatic N) is 3. The third kappa shape index (κ3) is 3.74. The molecular formula is C24H25ClN4O. The summed E-state index contributed by atoms with van der Waals surface area (Å²) < 4.78 is 7.47. The highest BCUT2D eigenvalue weighted by Gasteiger charge is 2.14. The van der Waals surface area contributed by atoms with Crippen molar-refractivity contribution >= 4 is 29.0 Å². The number of piperazine rings is 1. The van der Waals surface area contributed by atoms with Crippen LogP contribution in [0.5, 0.6) is 5.88 Å². The number of anilines is 1. The van der Waals surface area contributed by atoms with E-state index < -0.39 is 0 Å². The molecule has 0 amide bonds. The Morgan fingerprint density at radius 2 is 1.53 bits per heavy atom. The first-order valence-corrected chi connectivity index (χ1v) is 10.0. The molecule has 0 bridgehead atoms. The Bertz CT molecular complexity index is 1120. The van der Waals surface area contributed by atoms with Gasteiger partial charge >= 0.3 is 0 Å². The highest BCUT2D eigenvalue weighted by Crippen LogP contribution is 2.32. The SMILES string of the molecule is COc1nn(-c2ccccc2)c2cc(-c3ccc(N4CCNCC4)cc3)ccc12.Cl. The molecule has 0 atom stereocenters. The fourth-order valence-electron chi connectivity index (χ4n) is 3.97. The van der Waals surface area contributed by atoms with Gasteiger partial charge < -0.3 is 15.0 Å². The maximum Gasteiger partial charge on any atom is 0.240 e. The molecule has 2 heterocycles. The average molecular weight is 421 g/mol. The van der Waals surface area contributed by atoms with E-state index in [4.69, 9.17) is 4.74 Å². The van der Waals surface area contributed by atoms with Crippen LogP contribution in [-0.4, -0.2) is 43.1 Å². The number of benzene rings is 3. The lowest BCUT2D eigenvalue weighted by atomic mass is 10.0. The lowest BCUT2D eigenvalue weighted by molar-refractivity contribution is 0.398. The normalized spacial score (nSPS) is 13.8. The average Bonchev–Trinajstić information content (AvgIpc) is 3.18. The van der Waals surface area contributed by atoms with Crippen molar-refractivity contribution in [3.8, 4) is 22.7 Å². The molecule has 1 N–H and O–H groups in total. The van der Waals surface area contributed by atoms with Gasteiger partial charge in [-0.3, -0.25) is 0 Å². The fraction of sp³-hybridized carbons (Fsp3) is 0.208. The van der Waals surface area contributed by atoms with Gasteiger partial charge in [-0.25, -0.2) is 4.68 Å². The van der Waals surface area contributed by atoms with Gasteiger partial charge in [0.2, 0.25) is 5.88 Å². The van der Waals surface area contributed by atoms with Gasteiger partial charge in [-0.05, 0) is 47.5 Å². The maximum absolute atomic E-state index is 5.52. The fourth-order valence-corrected chi connectivity index (χ4v) is 3.97. The number of aromatic nitrogens is 2. The predicted molar refractivity (Wildman–Crippen MR) is 125 cm³/mol. The highest BCUT2D eigenvalue weighted by atomic mass is 35.5. The van der Waals surface area contributed by atoms with E-state index in [9.17, 15) is 0 Å². The second-order valence-electron chi connectivity index (χ2n) is 7.27. The zero-order chi connectivity index (χ0) is 19.6. The summed E-state index contributed by atoms with van der Waals surface area (Å²) in [5.74, 6) is 0.643. The summed E-state index contributed by atoms with van der Waals surface area (Å²) in [6, 6.07) is 25.5. The first-order valence-electron chi connectivity index (χ1n) is 10.0. The molecule has 0 unspecified atom stereocenters. The molecule has 3 aromatic carbocycles. The minimum Gasteiger partial charge on any atom is -0.479 e. The van der Waals surface area contributed by atoms with Crippen LogP contribution < -0.4 is 15.0 Å². The second-order valence-corrected chi connectivity index (χ2v) is 7.27. The molecule has 1 aliphatic rings. The Balaban J connectivity index is 0.00000218. The molecule has 0 aliphatic carbocycles. The molecule has 154 valence electrons. The van der Waals surface area contributed by atoms with Gasteiger partial charge in [0.15, 0.2) is 0 Å². The van der Waals surface area contributed by atoms with E-state index in [2.05, 4.69) is 69.9 Å². The molecule has 5 rings (SSSR count). The van der Waals surface area contributed by atoms with Crippen LogP contribution in [0.4, 0.5) is 5.69 Å². The van der Waals surface area contributed by atoms with E-state index in [0.29, 0.717) is 5.88 Å². The van der Waals surface area contributed by atoms with E-state index in [1.165, 1.54) is 16.8 Å². The van der Waals surface area contributed by atoms with E-state index in [0.717, 1.165) is 42.8 Å². The largest absolute Gasteiger partial charge is 0.479 e. The number of hydrogen-bond acceptors (Lipinski definition) is 4. The van der Waals surface area contributed by atoms with Gasteiger partial charge in [-0.2, -0.15) is 0 Å². The van der Waals surface area contributed by atoms with Crippen molar-refractivity contribution in [2.75, 3.05) is 38.2 Å². The summed E-state index contributed by atoms with van der Waals surface area (Å²) in [6.07, 6.45) is 0. The first kappa shape index (κ1) is 20.3. The number of methoxy groups -OCH3 is 1. The third-order valence-corrected chi connectivity index (χ3v) is 5.52. The zero-order valence-corrected chi connectivity index (χ0v) is 17.7. The van der Waals surface area contributed by atoms with Crippen LogP contribution in [0.2, 0.25) is 0 Å². The van der Waals surface area contributed by atoms with Crippen molar-refractivity contribution in [1.29, 1.82) is 0 Å². The standard InChI is InChI=1S/C24H24N4O.ClH/c1-29-24-22-12-9-19(17-23(22)28(26-24)21-5-3-2-4-6-21)18-7-10-20(11-8-18)27-15-13-25-14-16-27;/h2-12,17,25H,13-16H2,1H3;1H. The molecule has 1 aliphatic heterocycles. The van der Waals surface area contributed by atoms with E-state index in [1.54, 1.807) is 7.11 Å². The second kappa shape index (κ2) is 8.78. The molecule has 0 spiro atoms. The minimum atomic E-state index is 0. The van der Waals surface area contributed by atoms with Crippen LogP contribution in [-0.2, 0) is 0 Å². The van der Waals surface area contributed by atoms with E-state index >= 15 is 0 Å². The topological polar surface area (TPSA) is 42.3 Å². The van der Waals surface area contributed by atoms with Crippen molar-refractivity contribution in [3.63, 3.8) is 0 Å². The van der Waals surface area contributed by atoms with E-state index in [-0.39, 0.29) is 12.4 Å². The summed E-state index contributed by atoms with van der Waals surface area (Å²) in [4.78, 5) is 2.43. The van der Waals surface area contributed by atoms with Gasteiger partial charge in [0.1, 0.15) is 0 Å². The zero-order valence-electron chi connectivity index (χ0n) is 16.9. The lowest BCUT2D eigenvalue weighted by Crippen LogP contribution is -2.43. The molecule has 6 heteroatoms. The van der Waals surface area contributed by atoms with Crippen molar-refractivity contribution in [2.45, 2.75) is 0 Å². The quantitative estimate of drug-likeness (QED) is 0.526. The van der Waals surface area contributed by atoms with Gasteiger partial charge in [0.25, 0.3) is 0 Å². The molecule has 4 aromatic rings. The molecule has 1 fully saturated rings. The van der Waals surface area contributed by atoms with Crippen LogP contribution in [0, 0.1) is 0 Å². The van der Waals surface area contributed by atoms with Crippen molar-refractivity contribution in [1.82, 2.24) is 15.1 Å². The molecule has 0 radical (unpaired) electrons. The Kier molecular flexibility index (Phi) is 5.93. The number of rotatable bonds is 4. The molecule has 1 saturated heterocycles. The maximum atomic E-state index is 5.52. The molecular weight excluding hydrogens is 396 g/mol. The minimum absolute atomic E-state index is 0. The summed E-state index contributed by atoms with van der Waals surface area (Å²) >= 11 is 0. The summed E-state index contributed by atoms with van der Waals surface area (Å²) in [7, 11) is 1.67. The van der Waals surface area contributed by atoms with Crippen molar-refractivity contribution < 1.29 is 4.74 Å². The molecule has 1 aromatic heterocycles. The smallest absolute Gasteiger partial charge is 0.240 e. The number of fused-ring (bicyclic) bond motifs is 1. The number of halogens is 1. The van der Waals surface area contributed by atoms with Gasteiger partial charge in [0.05, 0.1) is 23.7 Å². The van der Waals surface area contributed by atoms with Crippen LogP contribution in [0.25, 0.3) is 27.7 Å². The number of para-hydroxylation sites is 1. The van der Waals surface area contributed by atoms with Gasteiger partial charge in [0, 0.05) is 31.9 Å². The summed E-state index contributed by atoms with van der Waals surface area (Å²) in [5.41, 5.74) is 5.71. The van der Waals surface area contributed by atoms with Crippen LogP contribution >= 0.6 is 12.4 Å². The highest BCUT2D eigenvalue weighted by molar-refractivity contribution is 5.90. The molecule has 5 nitrogen and oxygen atoms in total. The third-order valence-electron chi connectivity index (χ3n) is 5.52. The summed E-state index contributed by atoms with van der Waals surface area (Å²) in [5, 5.41) is 9.09. The lowest BCUT2D eigenvalue weighted by Gasteiger charge is -2.29. The number of hydrogen-bond donors (Lipinski definition) is 1. The van der Waals surface area contributed by atoms with Crippen molar-refractivity contribution in [2.24, 2.45) is 0 Å². The van der Waals surface area contributed by atoms with Crippen molar-refractivity contribution in [3.05, 3.63) is 72.8 Å². The van der Waals surface area contributed by atoms with Crippen LogP contribution in [0.3, 0.4) is 0 Å². The molecule has 0 saturated carbocycles. The van der Waals surface area contributed by atoms with E-state index in [1.807, 2.05) is 22.9 Å². The Hall–Kier alpha value is -3.02. The Morgan fingerprint density at radius 3 is 2.23 bits per heavy atom. The number of ether oxygens (including phenoxy) is 1. The van der Waals surface area contributed by atoms with Crippen LogP contribution in [0.15, 0.2) is 72.8 Å². The first-order chi connectivity index (χ1) is 14.3. The number of nitrogens with one attached hydrogen (secondary N) is 1. The monoisotopic (exact) mass is 420 g/mol. The summed E-state index contributed by atoms with van der Waals surface area (Å²) in [6.45, 7) is 4.20.